The highest BCUT2D eigenvalue weighted by molar-refractivity contribution is 5.11. The van der Waals surface area contributed by atoms with Crippen LogP contribution in [-0.4, -0.2) is 32.9 Å². The summed E-state index contributed by atoms with van der Waals surface area (Å²) in [7, 11) is 0. The van der Waals surface area contributed by atoms with Crippen molar-refractivity contribution in [2.45, 2.75) is 32.7 Å². The summed E-state index contributed by atoms with van der Waals surface area (Å²) in [5.41, 5.74) is 3.28. The Hall–Kier alpha value is -1.81. The zero-order valence-electron chi connectivity index (χ0n) is 12.1. The molecule has 0 aromatic carbocycles. The molecule has 3 heterocycles. The second-order valence-electron chi connectivity index (χ2n) is 5.55. The summed E-state index contributed by atoms with van der Waals surface area (Å²) in [6, 6.07) is 8.17. The van der Waals surface area contributed by atoms with E-state index in [1.54, 1.807) is 0 Å². The number of likely N-dealkylation sites (tertiary alicyclic amines) is 1. The summed E-state index contributed by atoms with van der Waals surface area (Å²) >= 11 is 0. The maximum Gasteiger partial charge on any atom is 0.132 e. The molecule has 0 aliphatic carbocycles. The lowest BCUT2D eigenvalue weighted by molar-refractivity contribution is 0.321. The molecule has 0 amide bonds. The Labute approximate surface area is 119 Å². The first-order chi connectivity index (χ1) is 9.70. The minimum atomic E-state index is 0.458. The van der Waals surface area contributed by atoms with Crippen molar-refractivity contribution in [1.29, 1.82) is 0 Å². The van der Waals surface area contributed by atoms with Gasteiger partial charge in [-0.3, -0.25) is 9.88 Å². The Morgan fingerprint density at radius 3 is 2.80 bits per heavy atom. The molecule has 1 aliphatic heterocycles. The molecule has 2 aromatic heterocycles. The largest absolute Gasteiger partial charge is 0.297 e. The third-order valence-electron chi connectivity index (χ3n) is 3.78. The van der Waals surface area contributed by atoms with Crippen molar-refractivity contribution in [2.24, 2.45) is 0 Å². The van der Waals surface area contributed by atoms with E-state index < -0.39 is 0 Å². The molecule has 1 fully saturated rings. The van der Waals surface area contributed by atoms with Gasteiger partial charge in [-0.1, -0.05) is 6.07 Å². The van der Waals surface area contributed by atoms with E-state index in [2.05, 4.69) is 32.0 Å². The van der Waals surface area contributed by atoms with Gasteiger partial charge in [0.25, 0.3) is 0 Å². The highest BCUT2D eigenvalue weighted by atomic mass is 15.2. The summed E-state index contributed by atoms with van der Waals surface area (Å²) < 4.78 is 0. The van der Waals surface area contributed by atoms with Crippen LogP contribution in [0.1, 0.15) is 35.2 Å². The van der Waals surface area contributed by atoms with Gasteiger partial charge in [0.15, 0.2) is 0 Å². The monoisotopic (exact) mass is 268 g/mol. The average Bonchev–Trinajstić information content (AvgIpc) is 2.87. The lowest BCUT2D eigenvalue weighted by atomic mass is 10.1. The van der Waals surface area contributed by atoms with Crippen molar-refractivity contribution in [2.75, 3.05) is 13.1 Å². The van der Waals surface area contributed by atoms with Gasteiger partial charge in [-0.2, -0.15) is 0 Å². The van der Waals surface area contributed by atoms with Gasteiger partial charge < -0.3 is 0 Å². The van der Waals surface area contributed by atoms with E-state index in [1.807, 2.05) is 32.2 Å². The molecule has 1 saturated heterocycles. The lowest BCUT2D eigenvalue weighted by Gasteiger charge is -2.15. The standard InChI is InChI=1S/C16H20N4/c1-12-4-3-5-15(18-12)11-20-9-7-14(10-20)16-17-8-6-13(2)19-16/h3-6,8,14H,7,9-11H2,1-2H3. The summed E-state index contributed by atoms with van der Waals surface area (Å²) in [5.74, 6) is 1.45. The molecule has 3 rings (SSSR count). The Bertz CT molecular complexity index is 597. The van der Waals surface area contributed by atoms with Crippen LogP contribution in [-0.2, 0) is 6.54 Å². The van der Waals surface area contributed by atoms with Crippen LogP contribution in [0.2, 0.25) is 0 Å². The Kier molecular flexibility index (Phi) is 3.74. The van der Waals surface area contributed by atoms with E-state index in [0.29, 0.717) is 5.92 Å². The fraction of sp³-hybridized carbons (Fsp3) is 0.438. The molecule has 1 atom stereocenters. The highest BCUT2D eigenvalue weighted by Gasteiger charge is 2.26. The maximum atomic E-state index is 4.58. The van der Waals surface area contributed by atoms with E-state index in [0.717, 1.165) is 49.0 Å². The number of nitrogens with zero attached hydrogens (tertiary/aromatic N) is 4. The van der Waals surface area contributed by atoms with E-state index >= 15 is 0 Å². The molecule has 4 nitrogen and oxygen atoms in total. The molecule has 2 aromatic rings. The summed E-state index contributed by atoms with van der Waals surface area (Å²) in [6.07, 6.45) is 3.00. The van der Waals surface area contributed by atoms with E-state index in [4.69, 9.17) is 0 Å². The van der Waals surface area contributed by atoms with Crippen LogP contribution in [0.25, 0.3) is 0 Å². The number of aryl methyl sites for hydroxylation is 2. The maximum absolute atomic E-state index is 4.58. The normalized spacial score (nSPS) is 19.4. The number of hydrogen-bond acceptors (Lipinski definition) is 4. The fourth-order valence-electron chi connectivity index (χ4n) is 2.77. The molecule has 1 aliphatic rings. The molecule has 20 heavy (non-hydrogen) atoms. The molecule has 4 heteroatoms. The molecular formula is C16H20N4. The van der Waals surface area contributed by atoms with E-state index in [1.165, 1.54) is 0 Å². The lowest BCUT2D eigenvalue weighted by Crippen LogP contribution is -2.21. The second-order valence-corrected chi connectivity index (χ2v) is 5.55. The molecular weight excluding hydrogens is 248 g/mol. The topological polar surface area (TPSA) is 41.9 Å². The van der Waals surface area contributed by atoms with E-state index in [9.17, 15) is 0 Å². The van der Waals surface area contributed by atoms with Gasteiger partial charge in [-0.25, -0.2) is 9.97 Å². The number of pyridine rings is 1. The second kappa shape index (κ2) is 5.67. The first kappa shape index (κ1) is 13.2. The Morgan fingerprint density at radius 1 is 1.15 bits per heavy atom. The number of rotatable bonds is 3. The summed E-state index contributed by atoms with van der Waals surface area (Å²) in [4.78, 5) is 16.0. The van der Waals surface area contributed by atoms with E-state index in [-0.39, 0.29) is 0 Å². The fourth-order valence-corrected chi connectivity index (χ4v) is 2.77. The van der Waals surface area contributed by atoms with Crippen LogP contribution >= 0.6 is 0 Å². The van der Waals surface area contributed by atoms with Gasteiger partial charge in [0, 0.05) is 36.6 Å². The van der Waals surface area contributed by atoms with Crippen LogP contribution in [0.5, 0.6) is 0 Å². The quantitative estimate of drug-likeness (QED) is 0.857. The van der Waals surface area contributed by atoms with Gasteiger partial charge >= 0.3 is 0 Å². The van der Waals surface area contributed by atoms with Crippen molar-refractivity contribution < 1.29 is 0 Å². The summed E-state index contributed by atoms with van der Waals surface area (Å²) in [5, 5.41) is 0. The third-order valence-corrected chi connectivity index (χ3v) is 3.78. The molecule has 1 unspecified atom stereocenters. The van der Waals surface area contributed by atoms with Gasteiger partial charge in [0.1, 0.15) is 5.82 Å². The zero-order valence-corrected chi connectivity index (χ0v) is 12.1. The van der Waals surface area contributed by atoms with Crippen molar-refractivity contribution in [3.63, 3.8) is 0 Å². The first-order valence-corrected chi connectivity index (χ1v) is 7.15. The number of aromatic nitrogens is 3. The SMILES string of the molecule is Cc1cccc(CN2CCC(c3nccc(C)n3)C2)n1. The van der Waals surface area contributed by atoms with Crippen LogP contribution in [0, 0.1) is 13.8 Å². The predicted molar refractivity (Wildman–Crippen MR) is 78.4 cm³/mol. The van der Waals surface area contributed by atoms with Gasteiger partial charge in [0.05, 0.1) is 5.69 Å². The van der Waals surface area contributed by atoms with Crippen LogP contribution in [0.3, 0.4) is 0 Å². The van der Waals surface area contributed by atoms with Crippen LogP contribution < -0.4 is 0 Å². The van der Waals surface area contributed by atoms with Gasteiger partial charge in [-0.15, -0.1) is 0 Å². The highest BCUT2D eigenvalue weighted by Crippen LogP contribution is 2.25. The zero-order chi connectivity index (χ0) is 13.9. The molecule has 104 valence electrons. The molecule has 0 spiro atoms. The third kappa shape index (κ3) is 3.02. The van der Waals surface area contributed by atoms with Crippen molar-refractivity contribution in [1.82, 2.24) is 19.9 Å². The Morgan fingerprint density at radius 2 is 2.00 bits per heavy atom. The molecule has 0 bridgehead atoms. The van der Waals surface area contributed by atoms with Gasteiger partial charge in [-0.05, 0) is 45.0 Å². The minimum absolute atomic E-state index is 0.458. The number of hydrogen-bond donors (Lipinski definition) is 0. The average molecular weight is 268 g/mol. The molecule has 0 N–H and O–H groups in total. The molecule has 0 saturated carbocycles. The molecule has 0 radical (unpaired) electrons. The smallest absolute Gasteiger partial charge is 0.132 e. The first-order valence-electron chi connectivity index (χ1n) is 7.15. The van der Waals surface area contributed by atoms with Gasteiger partial charge in [0.2, 0.25) is 0 Å². The van der Waals surface area contributed by atoms with Crippen molar-refractivity contribution in [3.8, 4) is 0 Å². The van der Waals surface area contributed by atoms with Crippen molar-refractivity contribution in [3.05, 3.63) is 53.4 Å². The summed E-state index contributed by atoms with van der Waals surface area (Å²) in [6.45, 7) is 7.10. The Balaban J connectivity index is 1.65. The van der Waals surface area contributed by atoms with Crippen LogP contribution in [0.4, 0.5) is 0 Å². The minimum Gasteiger partial charge on any atom is -0.297 e. The van der Waals surface area contributed by atoms with Crippen molar-refractivity contribution >= 4 is 0 Å². The predicted octanol–water partition coefficient (Wildman–Crippen LogP) is 2.48. The van der Waals surface area contributed by atoms with Crippen LogP contribution in [0.15, 0.2) is 30.5 Å².